The van der Waals surface area contributed by atoms with Crippen molar-refractivity contribution >= 4 is 16.9 Å². The monoisotopic (exact) mass is 293 g/mol. The summed E-state index contributed by atoms with van der Waals surface area (Å²) in [6.07, 6.45) is 3.70. The molecular weight excluding hydrogens is 278 g/mol. The van der Waals surface area contributed by atoms with Crippen LogP contribution in [0.15, 0.2) is 42.7 Å². The fourth-order valence-corrected chi connectivity index (χ4v) is 2.78. The van der Waals surface area contributed by atoms with Gasteiger partial charge in [0.1, 0.15) is 18.0 Å². The number of pyridine rings is 1. The first kappa shape index (κ1) is 12.9. The molecule has 0 bridgehead atoms. The summed E-state index contributed by atoms with van der Waals surface area (Å²) in [4.78, 5) is 21.4. The summed E-state index contributed by atoms with van der Waals surface area (Å²) in [5.74, 6) is 0.643. The van der Waals surface area contributed by atoms with Gasteiger partial charge in [0.25, 0.3) is 5.91 Å². The quantitative estimate of drug-likeness (QED) is 0.750. The predicted molar refractivity (Wildman–Crippen MR) is 84.0 cm³/mol. The normalized spacial score (nSPS) is 14.6. The largest absolute Gasteiger partial charge is 0.491 e. The summed E-state index contributed by atoms with van der Waals surface area (Å²) in [6.45, 7) is 1.11. The van der Waals surface area contributed by atoms with E-state index >= 15 is 0 Å². The first-order valence-electron chi connectivity index (χ1n) is 7.19. The molecule has 0 saturated carbocycles. The number of fused-ring (bicyclic) bond motifs is 2. The summed E-state index contributed by atoms with van der Waals surface area (Å²) >= 11 is 0. The number of carbonyl (C=O) groups excluding carboxylic acids is 1. The predicted octanol–water partition coefficient (Wildman–Crippen LogP) is 2.69. The topological polar surface area (TPSA) is 58.2 Å². The second-order valence-corrected chi connectivity index (χ2v) is 5.39. The van der Waals surface area contributed by atoms with Gasteiger partial charge in [-0.1, -0.05) is 6.07 Å². The summed E-state index contributed by atoms with van der Waals surface area (Å²) in [7, 11) is 1.79. The molecule has 0 spiro atoms. The Morgan fingerprint density at radius 1 is 1.27 bits per heavy atom. The Bertz CT molecular complexity index is 869. The first-order valence-corrected chi connectivity index (χ1v) is 7.19. The van der Waals surface area contributed by atoms with Gasteiger partial charge in [-0.05, 0) is 29.8 Å². The van der Waals surface area contributed by atoms with Crippen molar-refractivity contribution in [1.82, 2.24) is 14.9 Å². The molecule has 1 aromatic carbocycles. The van der Waals surface area contributed by atoms with E-state index in [0.29, 0.717) is 24.5 Å². The molecule has 3 aromatic rings. The third-order valence-electron chi connectivity index (χ3n) is 4.01. The van der Waals surface area contributed by atoms with Crippen LogP contribution in [0.5, 0.6) is 5.75 Å². The number of benzene rings is 1. The number of likely N-dealkylation sites (N-methyl/N-ethyl adjacent to an activating group) is 1. The Hall–Kier alpha value is -2.82. The number of aromatic nitrogens is 2. The molecule has 0 aliphatic carbocycles. The van der Waals surface area contributed by atoms with Gasteiger partial charge in [0.15, 0.2) is 0 Å². The molecule has 1 amide bonds. The number of carbonyl (C=O) groups is 1. The van der Waals surface area contributed by atoms with Gasteiger partial charge in [-0.15, -0.1) is 0 Å². The first-order chi connectivity index (χ1) is 10.7. The fourth-order valence-electron chi connectivity index (χ4n) is 2.78. The van der Waals surface area contributed by atoms with Gasteiger partial charge in [-0.3, -0.25) is 4.79 Å². The minimum Gasteiger partial charge on any atom is -0.491 e. The molecule has 22 heavy (non-hydrogen) atoms. The number of aromatic amines is 1. The molecule has 2 aromatic heterocycles. The van der Waals surface area contributed by atoms with Crippen molar-refractivity contribution in [1.29, 1.82) is 0 Å². The average molecular weight is 293 g/mol. The SMILES string of the molecule is CN1CCOc2cc(-c3c[nH]c4ncccc34)ccc2C1=O. The van der Waals surface area contributed by atoms with E-state index in [1.165, 1.54) is 0 Å². The number of hydrogen-bond donors (Lipinski definition) is 1. The van der Waals surface area contributed by atoms with Crippen molar-refractivity contribution in [3.63, 3.8) is 0 Å². The van der Waals surface area contributed by atoms with Gasteiger partial charge < -0.3 is 14.6 Å². The van der Waals surface area contributed by atoms with Gasteiger partial charge in [-0.25, -0.2) is 4.98 Å². The summed E-state index contributed by atoms with van der Waals surface area (Å²) in [5.41, 5.74) is 3.53. The highest BCUT2D eigenvalue weighted by molar-refractivity contribution is 5.99. The molecule has 1 N–H and O–H groups in total. The van der Waals surface area contributed by atoms with E-state index in [2.05, 4.69) is 9.97 Å². The number of hydrogen-bond acceptors (Lipinski definition) is 3. The van der Waals surface area contributed by atoms with Crippen LogP contribution in [-0.2, 0) is 0 Å². The maximum absolute atomic E-state index is 12.3. The second kappa shape index (κ2) is 4.87. The zero-order valence-electron chi connectivity index (χ0n) is 12.2. The maximum Gasteiger partial charge on any atom is 0.257 e. The van der Waals surface area contributed by atoms with Crippen LogP contribution in [0.1, 0.15) is 10.4 Å². The molecule has 0 unspecified atom stereocenters. The van der Waals surface area contributed by atoms with E-state index in [-0.39, 0.29) is 5.91 Å². The van der Waals surface area contributed by atoms with E-state index in [9.17, 15) is 4.79 Å². The molecule has 5 nitrogen and oxygen atoms in total. The van der Waals surface area contributed by atoms with E-state index in [1.54, 1.807) is 18.1 Å². The summed E-state index contributed by atoms with van der Waals surface area (Å²) in [5, 5.41) is 1.06. The molecule has 0 atom stereocenters. The van der Waals surface area contributed by atoms with Crippen LogP contribution in [0.4, 0.5) is 0 Å². The minimum absolute atomic E-state index is 0.000330. The molecule has 0 saturated heterocycles. The Morgan fingerprint density at radius 3 is 3.09 bits per heavy atom. The van der Waals surface area contributed by atoms with E-state index < -0.39 is 0 Å². The number of nitrogens with zero attached hydrogens (tertiary/aromatic N) is 2. The Kier molecular flexibility index (Phi) is 2.85. The molecule has 1 aliphatic rings. The molecule has 0 fully saturated rings. The number of nitrogens with one attached hydrogen (secondary N) is 1. The lowest BCUT2D eigenvalue weighted by Gasteiger charge is -2.12. The van der Waals surface area contributed by atoms with Crippen molar-refractivity contribution < 1.29 is 9.53 Å². The zero-order valence-corrected chi connectivity index (χ0v) is 12.2. The van der Waals surface area contributed by atoms with Crippen LogP contribution in [-0.4, -0.2) is 41.0 Å². The number of amides is 1. The third kappa shape index (κ3) is 1.94. The highest BCUT2D eigenvalue weighted by atomic mass is 16.5. The Balaban J connectivity index is 1.85. The molecule has 110 valence electrons. The van der Waals surface area contributed by atoms with Gasteiger partial charge in [0, 0.05) is 30.4 Å². The second-order valence-electron chi connectivity index (χ2n) is 5.39. The molecule has 4 rings (SSSR count). The van der Waals surface area contributed by atoms with Crippen molar-refractivity contribution in [3.05, 3.63) is 48.3 Å². The average Bonchev–Trinajstić information content (AvgIpc) is 2.92. The van der Waals surface area contributed by atoms with Crippen LogP contribution in [0.3, 0.4) is 0 Å². The molecule has 0 radical (unpaired) electrons. The highest BCUT2D eigenvalue weighted by Crippen LogP contribution is 2.32. The Morgan fingerprint density at radius 2 is 2.18 bits per heavy atom. The fraction of sp³-hybridized carbons (Fsp3) is 0.176. The van der Waals surface area contributed by atoms with E-state index in [4.69, 9.17) is 4.74 Å². The van der Waals surface area contributed by atoms with Gasteiger partial charge in [-0.2, -0.15) is 0 Å². The standard InChI is InChI=1S/C17H15N3O2/c1-20-7-8-22-15-9-11(4-5-13(15)17(20)21)14-10-19-16-12(14)3-2-6-18-16/h2-6,9-10H,7-8H2,1H3,(H,18,19). The van der Waals surface area contributed by atoms with E-state index in [1.807, 2.05) is 36.5 Å². The van der Waals surface area contributed by atoms with E-state index in [0.717, 1.165) is 22.2 Å². The lowest BCUT2D eigenvalue weighted by molar-refractivity contribution is 0.0797. The molecule has 3 heterocycles. The highest BCUT2D eigenvalue weighted by Gasteiger charge is 2.21. The van der Waals surface area contributed by atoms with Gasteiger partial charge >= 0.3 is 0 Å². The number of H-pyrrole nitrogens is 1. The molecule has 5 heteroatoms. The van der Waals surface area contributed by atoms with Crippen LogP contribution >= 0.6 is 0 Å². The minimum atomic E-state index is -0.000330. The number of ether oxygens (including phenoxy) is 1. The van der Waals surface area contributed by atoms with Crippen LogP contribution in [0, 0.1) is 0 Å². The molecule has 1 aliphatic heterocycles. The zero-order chi connectivity index (χ0) is 15.1. The van der Waals surface area contributed by atoms with Crippen LogP contribution < -0.4 is 4.74 Å². The van der Waals surface area contributed by atoms with Crippen LogP contribution in [0.2, 0.25) is 0 Å². The smallest absolute Gasteiger partial charge is 0.257 e. The summed E-state index contributed by atoms with van der Waals surface area (Å²) < 4.78 is 5.75. The van der Waals surface area contributed by atoms with Crippen molar-refractivity contribution in [2.75, 3.05) is 20.2 Å². The van der Waals surface area contributed by atoms with Crippen molar-refractivity contribution in [3.8, 4) is 16.9 Å². The molecular formula is C17H15N3O2. The van der Waals surface area contributed by atoms with Crippen molar-refractivity contribution in [2.24, 2.45) is 0 Å². The maximum atomic E-state index is 12.3. The lowest BCUT2D eigenvalue weighted by atomic mass is 10.0. The van der Waals surface area contributed by atoms with Gasteiger partial charge in [0.05, 0.1) is 12.1 Å². The van der Waals surface area contributed by atoms with Crippen LogP contribution in [0.25, 0.3) is 22.2 Å². The van der Waals surface area contributed by atoms with Gasteiger partial charge in [0.2, 0.25) is 0 Å². The third-order valence-corrected chi connectivity index (χ3v) is 4.01. The number of rotatable bonds is 1. The summed E-state index contributed by atoms with van der Waals surface area (Å²) in [6, 6.07) is 9.67. The Labute approximate surface area is 127 Å². The lowest BCUT2D eigenvalue weighted by Crippen LogP contribution is -2.27. The van der Waals surface area contributed by atoms with Crippen molar-refractivity contribution in [2.45, 2.75) is 0 Å².